The molecule has 7 nitrogen and oxygen atoms in total. The average Bonchev–Trinajstić information content (AvgIpc) is 3.28. The van der Waals surface area contributed by atoms with Gasteiger partial charge in [-0.3, -0.25) is 9.69 Å². The van der Waals surface area contributed by atoms with Crippen LogP contribution < -0.4 is 14.8 Å². The van der Waals surface area contributed by atoms with Gasteiger partial charge in [-0.15, -0.1) is 11.3 Å². The number of rotatable bonds is 8. The van der Waals surface area contributed by atoms with E-state index < -0.39 is 0 Å². The van der Waals surface area contributed by atoms with E-state index in [0.717, 1.165) is 49.1 Å². The van der Waals surface area contributed by atoms with E-state index in [9.17, 15) is 4.79 Å². The first-order valence-corrected chi connectivity index (χ1v) is 11.4. The zero-order valence-electron chi connectivity index (χ0n) is 18.3. The van der Waals surface area contributed by atoms with Crippen molar-refractivity contribution < 1.29 is 19.0 Å². The minimum Gasteiger partial charge on any atom is -0.493 e. The molecular formula is C24H27N3O4S. The molecule has 1 amide bonds. The van der Waals surface area contributed by atoms with Gasteiger partial charge in [0.1, 0.15) is 5.01 Å². The first-order valence-electron chi connectivity index (χ1n) is 10.5. The van der Waals surface area contributed by atoms with Crippen molar-refractivity contribution in [3.63, 3.8) is 0 Å². The van der Waals surface area contributed by atoms with E-state index in [2.05, 4.69) is 39.5 Å². The van der Waals surface area contributed by atoms with Crippen LogP contribution in [-0.4, -0.2) is 56.3 Å². The predicted molar refractivity (Wildman–Crippen MR) is 126 cm³/mol. The third kappa shape index (κ3) is 5.64. The summed E-state index contributed by atoms with van der Waals surface area (Å²) in [5.74, 6) is 1.05. The summed E-state index contributed by atoms with van der Waals surface area (Å²) in [6.45, 7) is 4.49. The Morgan fingerprint density at radius 1 is 1.09 bits per heavy atom. The van der Waals surface area contributed by atoms with Crippen molar-refractivity contribution in [2.45, 2.75) is 13.0 Å². The summed E-state index contributed by atoms with van der Waals surface area (Å²) in [4.78, 5) is 19.5. The molecular weight excluding hydrogens is 426 g/mol. The van der Waals surface area contributed by atoms with Gasteiger partial charge < -0.3 is 19.5 Å². The first kappa shape index (κ1) is 22.3. The molecule has 8 heteroatoms. The highest BCUT2D eigenvalue weighted by Crippen LogP contribution is 2.30. The van der Waals surface area contributed by atoms with E-state index >= 15 is 0 Å². The van der Waals surface area contributed by atoms with Crippen LogP contribution in [0.2, 0.25) is 0 Å². The molecule has 0 bridgehead atoms. The summed E-state index contributed by atoms with van der Waals surface area (Å²) in [6, 6.07) is 13.8. The number of methoxy groups -OCH3 is 2. The number of hydrogen-bond acceptors (Lipinski definition) is 7. The third-order valence-electron chi connectivity index (χ3n) is 5.27. The molecule has 32 heavy (non-hydrogen) atoms. The van der Waals surface area contributed by atoms with Crippen LogP contribution >= 0.6 is 11.3 Å². The lowest BCUT2D eigenvalue weighted by atomic mass is 10.1. The number of thiazole rings is 1. The molecule has 0 aliphatic carbocycles. The Bertz CT molecular complexity index is 1050. The van der Waals surface area contributed by atoms with Crippen molar-refractivity contribution >= 4 is 22.9 Å². The molecule has 2 heterocycles. The van der Waals surface area contributed by atoms with Gasteiger partial charge in [0.2, 0.25) is 5.91 Å². The van der Waals surface area contributed by atoms with Crippen molar-refractivity contribution in [1.29, 1.82) is 0 Å². The van der Waals surface area contributed by atoms with E-state index in [0.29, 0.717) is 17.2 Å². The van der Waals surface area contributed by atoms with Crippen LogP contribution in [0.25, 0.3) is 10.6 Å². The lowest BCUT2D eigenvalue weighted by molar-refractivity contribution is -0.115. The lowest BCUT2D eigenvalue weighted by Crippen LogP contribution is -2.35. The van der Waals surface area contributed by atoms with Gasteiger partial charge in [0.15, 0.2) is 11.5 Å². The number of nitrogens with one attached hydrogen (secondary N) is 1. The molecule has 0 atom stereocenters. The molecule has 1 N–H and O–H groups in total. The van der Waals surface area contributed by atoms with E-state index in [1.165, 1.54) is 5.56 Å². The van der Waals surface area contributed by atoms with Crippen molar-refractivity contribution in [2.75, 3.05) is 45.8 Å². The minimum atomic E-state index is -0.130. The molecule has 1 aliphatic rings. The van der Waals surface area contributed by atoms with Crippen LogP contribution in [0, 0.1) is 0 Å². The fourth-order valence-electron chi connectivity index (χ4n) is 3.57. The first-order chi connectivity index (χ1) is 15.6. The second-order valence-electron chi connectivity index (χ2n) is 7.52. The number of hydrogen-bond donors (Lipinski definition) is 1. The lowest BCUT2D eigenvalue weighted by Gasteiger charge is -2.26. The topological polar surface area (TPSA) is 72.9 Å². The molecule has 0 radical (unpaired) electrons. The maximum Gasteiger partial charge on any atom is 0.230 e. The molecule has 4 rings (SSSR count). The fraction of sp³-hybridized carbons (Fsp3) is 0.333. The normalized spacial score (nSPS) is 14.2. The van der Waals surface area contributed by atoms with Crippen LogP contribution in [0.4, 0.5) is 5.69 Å². The maximum absolute atomic E-state index is 12.5. The molecule has 168 valence electrons. The molecule has 1 saturated heterocycles. The fourth-order valence-corrected chi connectivity index (χ4v) is 4.40. The van der Waals surface area contributed by atoms with Crippen LogP contribution in [0.5, 0.6) is 11.5 Å². The standard InChI is InChI=1S/C24H27N3O4S/c1-29-21-8-7-19(13-22(21)30-2)25-23(28)14-20-16-32-24(26-20)18-5-3-17(4-6-18)15-27-9-11-31-12-10-27/h3-8,13,16H,9-12,14-15H2,1-2H3,(H,25,28). The maximum atomic E-state index is 12.5. The van der Waals surface area contributed by atoms with E-state index in [1.54, 1.807) is 43.8 Å². The van der Waals surface area contributed by atoms with Crippen LogP contribution in [-0.2, 0) is 22.5 Å². The number of carbonyl (C=O) groups is 1. The highest BCUT2D eigenvalue weighted by atomic mass is 32.1. The molecule has 2 aromatic carbocycles. The zero-order valence-corrected chi connectivity index (χ0v) is 19.1. The average molecular weight is 454 g/mol. The summed E-state index contributed by atoms with van der Waals surface area (Å²) in [7, 11) is 3.14. The highest BCUT2D eigenvalue weighted by molar-refractivity contribution is 7.13. The minimum absolute atomic E-state index is 0.130. The molecule has 1 aromatic heterocycles. The van der Waals surface area contributed by atoms with Crippen LogP contribution in [0.3, 0.4) is 0 Å². The van der Waals surface area contributed by atoms with E-state index in [-0.39, 0.29) is 12.3 Å². The molecule has 1 fully saturated rings. The summed E-state index contributed by atoms with van der Waals surface area (Å²) < 4.78 is 15.9. The number of anilines is 1. The summed E-state index contributed by atoms with van der Waals surface area (Å²) >= 11 is 1.55. The molecule has 0 unspecified atom stereocenters. The zero-order chi connectivity index (χ0) is 22.3. The van der Waals surface area contributed by atoms with Crippen LogP contribution in [0.15, 0.2) is 47.8 Å². The second kappa shape index (κ2) is 10.6. The largest absolute Gasteiger partial charge is 0.493 e. The SMILES string of the molecule is COc1ccc(NC(=O)Cc2csc(-c3ccc(CN4CCOCC4)cc3)n2)cc1OC. The van der Waals surface area contributed by atoms with E-state index in [4.69, 9.17) is 14.2 Å². The van der Waals surface area contributed by atoms with E-state index in [1.807, 2.05) is 5.38 Å². The number of aromatic nitrogens is 1. The molecule has 3 aromatic rings. The van der Waals surface area contributed by atoms with Crippen LogP contribution in [0.1, 0.15) is 11.3 Å². The monoisotopic (exact) mass is 453 g/mol. The number of nitrogens with zero attached hydrogens (tertiary/aromatic N) is 2. The Morgan fingerprint density at radius 3 is 2.56 bits per heavy atom. The highest BCUT2D eigenvalue weighted by Gasteiger charge is 2.13. The summed E-state index contributed by atoms with van der Waals surface area (Å²) in [6.07, 6.45) is 0.208. The Kier molecular flexibility index (Phi) is 7.36. The number of amides is 1. The summed E-state index contributed by atoms with van der Waals surface area (Å²) in [5.41, 5.74) is 3.74. The van der Waals surface area contributed by atoms with Gasteiger partial charge in [0.25, 0.3) is 0 Å². The number of ether oxygens (including phenoxy) is 3. The van der Waals surface area contributed by atoms with Gasteiger partial charge in [0, 0.05) is 42.3 Å². The quantitative estimate of drug-likeness (QED) is 0.559. The molecule has 1 aliphatic heterocycles. The predicted octanol–water partition coefficient (Wildman–Crippen LogP) is 3.84. The van der Waals surface area contributed by atoms with Gasteiger partial charge >= 0.3 is 0 Å². The third-order valence-corrected chi connectivity index (χ3v) is 6.21. The van der Waals surface area contributed by atoms with Gasteiger partial charge in [-0.25, -0.2) is 4.98 Å². The molecule has 0 saturated carbocycles. The Morgan fingerprint density at radius 2 is 1.84 bits per heavy atom. The van der Waals surface area contributed by atoms with Gasteiger partial charge in [-0.05, 0) is 17.7 Å². The van der Waals surface area contributed by atoms with Crippen molar-refractivity contribution in [1.82, 2.24) is 9.88 Å². The smallest absolute Gasteiger partial charge is 0.230 e. The Labute approximate surface area is 191 Å². The number of morpholine rings is 1. The van der Waals surface area contributed by atoms with Crippen molar-refractivity contribution in [3.8, 4) is 22.1 Å². The van der Waals surface area contributed by atoms with Gasteiger partial charge in [-0.1, -0.05) is 24.3 Å². The van der Waals surface area contributed by atoms with Crippen molar-refractivity contribution in [3.05, 3.63) is 59.1 Å². The Hall–Kier alpha value is -2.94. The van der Waals surface area contributed by atoms with Crippen molar-refractivity contribution in [2.24, 2.45) is 0 Å². The van der Waals surface area contributed by atoms with Gasteiger partial charge in [0.05, 0.1) is 39.5 Å². The second-order valence-corrected chi connectivity index (χ2v) is 8.38. The number of carbonyl (C=O) groups excluding carboxylic acids is 1. The number of benzene rings is 2. The summed E-state index contributed by atoms with van der Waals surface area (Å²) in [5, 5.41) is 5.74. The van der Waals surface area contributed by atoms with Gasteiger partial charge in [-0.2, -0.15) is 0 Å². The Balaban J connectivity index is 1.34. The molecule has 0 spiro atoms.